The summed E-state index contributed by atoms with van der Waals surface area (Å²) in [6.45, 7) is 5.62. The van der Waals surface area contributed by atoms with E-state index in [1.54, 1.807) is 32.9 Å². The van der Waals surface area contributed by atoms with Gasteiger partial charge in [-0.25, -0.2) is 8.42 Å². The zero-order chi connectivity index (χ0) is 18.0. The molecule has 1 atom stereocenters. The lowest BCUT2D eigenvalue weighted by molar-refractivity contribution is 0.0697. The number of carbonyl (C=O) groups excluding carboxylic acids is 1. The Morgan fingerprint density at radius 2 is 1.96 bits per heavy atom. The third-order valence-electron chi connectivity index (χ3n) is 4.39. The van der Waals surface area contributed by atoms with Gasteiger partial charge in [0.25, 0.3) is 5.91 Å². The van der Waals surface area contributed by atoms with Gasteiger partial charge in [-0.05, 0) is 13.3 Å². The van der Waals surface area contributed by atoms with Gasteiger partial charge in [0.15, 0.2) is 9.84 Å². The highest BCUT2D eigenvalue weighted by Gasteiger charge is 2.36. The van der Waals surface area contributed by atoms with E-state index in [0.29, 0.717) is 12.1 Å². The Morgan fingerprint density at radius 3 is 2.64 bits per heavy atom. The van der Waals surface area contributed by atoms with Crippen LogP contribution in [-0.4, -0.2) is 56.8 Å². The van der Waals surface area contributed by atoms with E-state index < -0.39 is 15.9 Å². The molecule has 2 aromatic rings. The lowest BCUT2D eigenvalue weighted by Gasteiger charge is -2.34. The Bertz CT molecular complexity index is 855. The van der Waals surface area contributed by atoms with Gasteiger partial charge in [0.05, 0.1) is 35.5 Å². The first kappa shape index (κ1) is 17.7. The first-order valence-electron chi connectivity index (χ1n) is 8.49. The molecule has 0 radical (unpaired) electrons. The van der Waals surface area contributed by atoms with E-state index in [4.69, 9.17) is 0 Å². The first-order valence-corrected chi connectivity index (χ1v) is 10.3. The van der Waals surface area contributed by atoms with Crippen molar-refractivity contribution in [2.75, 3.05) is 18.1 Å². The molecule has 8 nitrogen and oxygen atoms in total. The Morgan fingerprint density at radius 1 is 1.20 bits per heavy atom. The molecule has 3 heterocycles. The van der Waals surface area contributed by atoms with E-state index in [-0.39, 0.29) is 24.0 Å². The predicted molar refractivity (Wildman–Crippen MR) is 92.9 cm³/mol. The van der Waals surface area contributed by atoms with Crippen molar-refractivity contribution < 1.29 is 13.2 Å². The van der Waals surface area contributed by atoms with Gasteiger partial charge in [0.2, 0.25) is 0 Å². The summed E-state index contributed by atoms with van der Waals surface area (Å²) >= 11 is 0. The Balaban J connectivity index is 1.89. The molecule has 2 aromatic heterocycles. The average Bonchev–Trinajstić information content (AvgIpc) is 3.23. The van der Waals surface area contributed by atoms with Gasteiger partial charge >= 0.3 is 0 Å². The quantitative estimate of drug-likeness (QED) is 0.792. The van der Waals surface area contributed by atoms with Gasteiger partial charge < -0.3 is 4.90 Å². The zero-order valence-electron chi connectivity index (χ0n) is 14.5. The van der Waals surface area contributed by atoms with E-state index in [1.807, 2.05) is 20.0 Å². The predicted octanol–water partition coefficient (Wildman–Crippen LogP) is 1.12. The number of hydrogen-bond donors (Lipinski definition) is 0. The van der Waals surface area contributed by atoms with Crippen molar-refractivity contribution in [2.45, 2.75) is 39.4 Å². The Kier molecular flexibility index (Phi) is 4.94. The SMILES string of the molecule is CCCn1cc(C(=O)N2CCS(=O)(=O)CC2c2cnn(CC)c2)cn1. The lowest BCUT2D eigenvalue weighted by atomic mass is 10.1. The van der Waals surface area contributed by atoms with Crippen LogP contribution in [0.5, 0.6) is 0 Å². The molecule has 1 saturated heterocycles. The van der Waals surface area contributed by atoms with Crippen molar-refractivity contribution in [2.24, 2.45) is 0 Å². The lowest BCUT2D eigenvalue weighted by Crippen LogP contribution is -2.46. The minimum atomic E-state index is -3.18. The van der Waals surface area contributed by atoms with E-state index in [9.17, 15) is 13.2 Å². The summed E-state index contributed by atoms with van der Waals surface area (Å²) in [5.41, 5.74) is 1.24. The van der Waals surface area contributed by atoms with Crippen LogP contribution in [-0.2, 0) is 22.9 Å². The standard InChI is InChI=1S/C16H23N5O3S/c1-3-5-20-11-14(9-18-20)16(22)21-6-7-25(23,24)12-15(21)13-8-17-19(4-2)10-13/h8-11,15H,3-7,12H2,1-2H3. The summed E-state index contributed by atoms with van der Waals surface area (Å²) in [6, 6.07) is -0.513. The molecule has 3 rings (SSSR count). The molecule has 136 valence electrons. The van der Waals surface area contributed by atoms with Gasteiger partial charge in [0, 0.05) is 37.6 Å². The zero-order valence-corrected chi connectivity index (χ0v) is 15.3. The maximum atomic E-state index is 12.9. The van der Waals surface area contributed by atoms with Crippen LogP contribution in [0.4, 0.5) is 0 Å². The highest BCUT2D eigenvalue weighted by molar-refractivity contribution is 7.91. The van der Waals surface area contributed by atoms with Crippen LogP contribution in [0.3, 0.4) is 0 Å². The minimum absolute atomic E-state index is 0.0136. The number of carbonyl (C=O) groups is 1. The molecule has 0 aromatic carbocycles. The average molecular weight is 365 g/mol. The molecule has 1 unspecified atom stereocenters. The molecule has 9 heteroatoms. The van der Waals surface area contributed by atoms with E-state index >= 15 is 0 Å². The number of aryl methyl sites for hydroxylation is 2. The van der Waals surface area contributed by atoms with Crippen molar-refractivity contribution >= 4 is 15.7 Å². The summed E-state index contributed by atoms with van der Waals surface area (Å²) in [7, 11) is -3.18. The Hall–Kier alpha value is -2.16. The topological polar surface area (TPSA) is 90.1 Å². The fourth-order valence-corrected chi connectivity index (χ4v) is 4.54. The van der Waals surface area contributed by atoms with Gasteiger partial charge in [0.1, 0.15) is 0 Å². The van der Waals surface area contributed by atoms with E-state index in [2.05, 4.69) is 10.2 Å². The second-order valence-electron chi connectivity index (χ2n) is 6.25. The fourth-order valence-electron chi connectivity index (χ4n) is 3.04. The van der Waals surface area contributed by atoms with Crippen LogP contribution in [0.15, 0.2) is 24.8 Å². The van der Waals surface area contributed by atoms with E-state index in [0.717, 1.165) is 18.5 Å². The smallest absolute Gasteiger partial charge is 0.257 e. The molecular weight excluding hydrogens is 342 g/mol. The molecule has 0 bridgehead atoms. The molecule has 1 fully saturated rings. The van der Waals surface area contributed by atoms with Gasteiger partial charge in [-0.1, -0.05) is 6.92 Å². The van der Waals surface area contributed by atoms with Crippen molar-refractivity contribution in [1.82, 2.24) is 24.5 Å². The van der Waals surface area contributed by atoms with Crippen molar-refractivity contribution in [3.05, 3.63) is 35.9 Å². The number of sulfone groups is 1. The largest absolute Gasteiger partial charge is 0.329 e. The molecule has 0 aliphatic carbocycles. The highest BCUT2D eigenvalue weighted by atomic mass is 32.2. The number of amides is 1. The van der Waals surface area contributed by atoms with Gasteiger partial charge in [-0.15, -0.1) is 0 Å². The fraction of sp³-hybridized carbons (Fsp3) is 0.562. The van der Waals surface area contributed by atoms with Crippen LogP contribution in [0.1, 0.15) is 42.2 Å². The van der Waals surface area contributed by atoms with Crippen LogP contribution in [0, 0.1) is 0 Å². The van der Waals surface area contributed by atoms with Crippen LogP contribution in [0.2, 0.25) is 0 Å². The van der Waals surface area contributed by atoms with Gasteiger partial charge in [-0.3, -0.25) is 14.2 Å². The molecule has 25 heavy (non-hydrogen) atoms. The number of aromatic nitrogens is 4. The molecule has 0 spiro atoms. The maximum Gasteiger partial charge on any atom is 0.257 e. The molecule has 1 aliphatic rings. The normalized spacial score (nSPS) is 19.9. The molecule has 1 aliphatic heterocycles. The van der Waals surface area contributed by atoms with Gasteiger partial charge in [-0.2, -0.15) is 10.2 Å². The summed E-state index contributed by atoms with van der Waals surface area (Å²) in [6.07, 6.45) is 7.66. The number of hydrogen-bond acceptors (Lipinski definition) is 5. The molecule has 0 N–H and O–H groups in total. The summed E-state index contributed by atoms with van der Waals surface area (Å²) in [4.78, 5) is 14.6. The first-order chi connectivity index (χ1) is 11.9. The second kappa shape index (κ2) is 6.99. The third-order valence-corrected chi connectivity index (χ3v) is 6.02. The monoisotopic (exact) mass is 365 g/mol. The highest BCUT2D eigenvalue weighted by Crippen LogP contribution is 2.28. The van der Waals surface area contributed by atoms with Crippen molar-refractivity contribution in [1.29, 1.82) is 0 Å². The van der Waals surface area contributed by atoms with Crippen LogP contribution in [0.25, 0.3) is 0 Å². The van der Waals surface area contributed by atoms with E-state index in [1.165, 1.54) is 0 Å². The summed E-state index contributed by atoms with van der Waals surface area (Å²) < 4.78 is 27.7. The summed E-state index contributed by atoms with van der Waals surface area (Å²) in [5.74, 6) is -0.274. The summed E-state index contributed by atoms with van der Waals surface area (Å²) in [5, 5.41) is 8.42. The van der Waals surface area contributed by atoms with Crippen LogP contribution >= 0.6 is 0 Å². The molecule has 1 amide bonds. The number of nitrogens with zero attached hydrogens (tertiary/aromatic N) is 5. The van der Waals surface area contributed by atoms with Crippen LogP contribution < -0.4 is 0 Å². The Labute approximate surface area is 147 Å². The molecule has 0 saturated carbocycles. The molecular formula is C16H23N5O3S. The second-order valence-corrected chi connectivity index (χ2v) is 8.48. The maximum absolute atomic E-state index is 12.9. The third kappa shape index (κ3) is 3.76. The van der Waals surface area contributed by atoms with Crippen molar-refractivity contribution in [3.63, 3.8) is 0 Å². The van der Waals surface area contributed by atoms with Crippen molar-refractivity contribution in [3.8, 4) is 0 Å². The number of rotatable bonds is 5. The minimum Gasteiger partial charge on any atom is -0.329 e.